The number of carbonyl (C=O) groups is 1. The summed E-state index contributed by atoms with van der Waals surface area (Å²) in [5.41, 5.74) is 11.8. The predicted molar refractivity (Wildman–Crippen MR) is 70.0 cm³/mol. The van der Waals surface area contributed by atoms with Crippen LogP contribution in [0.2, 0.25) is 5.02 Å². The van der Waals surface area contributed by atoms with Gasteiger partial charge < -0.3 is 11.5 Å². The van der Waals surface area contributed by atoms with E-state index in [9.17, 15) is 4.79 Å². The smallest absolute Gasteiger partial charge is 0.249 e. The van der Waals surface area contributed by atoms with E-state index < -0.39 is 5.91 Å². The number of nitrogens with two attached hydrogens (primary N) is 2. The van der Waals surface area contributed by atoms with Crippen molar-refractivity contribution in [3.05, 3.63) is 22.7 Å². The summed E-state index contributed by atoms with van der Waals surface area (Å²) in [6, 6.07) is 3.21. The van der Waals surface area contributed by atoms with Crippen LogP contribution in [0.1, 0.15) is 30.6 Å². The minimum absolute atomic E-state index is 0.374. The predicted octanol–water partition coefficient (Wildman–Crippen LogP) is 2.91. The van der Waals surface area contributed by atoms with Crippen molar-refractivity contribution < 1.29 is 4.79 Å². The average molecular weight is 259 g/mol. The normalized spacial score (nSPS) is 12.4. The SMILES string of the molecule is CCC(C)Sc1c(Cl)cc(N)cc1C(N)=O. The minimum Gasteiger partial charge on any atom is -0.399 e. The fraction of sp³-hybridized carbons (Fsp3) is 0.364. The number of thioether (sulfide) groups is 1. The first-order chi connectivity index (χ1) is 7.45. The van der Waals surface area contributed by atoms with E-state index in [1.165, 1.54) is 0 Å². The molecule has 0 aliphatic carbocycles. The molecule has 1 unspecified atom stereocenters. The molecule has 0 aromatic heterocycles. The maximum atomic E-state index is 11.3. The highest BCUT2D eigenvalue weighted by Gasteiger charge is 2.15. The maximum Gasteiger partial charge on any atom is 0.249 e. The summed E-state index contributed by atoms with van der Waals surface area (Å²) in [5, 5.41) is 0.860. The molecule has 1 atom stereocenters. The number of amides is 1. The molecule has 0 saturated carbocycles. The summed E-state index contributed by atoms with van der Waals surface area (Å²) in [7, 11) is 0. The molecule has 0 aliphatic rings. The van der Waals surface area contributed by atoms with Crippen molar-refractivity contribution in [3.63, 3.8) is 0 Å². The third-order valence-electron chi connectivity index (χ3n) is 2.23. The van der Waals surface area contributed by atoms with Crippen LogP contribution >= 0.6 is 23.4 Å². The highest BCUT2D eigenvalue weighted by Crippen LogP contribution is 2.36. The molecule has 3 nitrogen and oxygen atoms in total. The number of primary amides is 1. The van der Waals surface area contributed by atoms with Gasteiger partial charge in [0.25, 0.3) is 0 Å². The maximum absolute atomic E-state index is 11.3. The number of halogens is 1. The van der Waals surface area contributed by atoms with Crippen LogP contribution in [0.25, 0.3) is 0 Å². The van der Waals surface area contributed by atoms with Crippen molar-refractivity contribution >= 4 is 35.0 Å². The first-order valence-corrected chi connectivity index (χ1v) is 6.27. The second-order valence-corrected chi connectivity index (χ2v) is 5.44. The molecule has 0 saturated heterocycles. The van der Waals surface area contributed by atoms with Crippen LogP contribution in [-0.4, -0.2) is 11.2 Å². The van der Waals surface area contributed by atoms with E-state index in [1.54, 1.807) is 23.9 Å². The van der Waals surface area contributed by atoms with E-state index >= 15 is 0 Å². The monoisotopic (exact) mass is 258 g/mol. The Hall–Kier alpha value is -0.870. The second kappa shape index (κ2) is 5.46. The van der Waals surface area contributed by atoms with Crippen molar-refractivity contribution in [1.82, 2.24) is 0 Å². The standard InChI is InChI=1S/C11H15ClN2OS/c1-3-6(2)16-10-8(11(14)15)4-7(13)5-9(10)12/h4-6H,3,13H2,1-2H3,(H2,14,15). The number of benzene rings is 1. The highest BCUT2D eigenvalue weighted by molar-refractivity contribution is 8.00. The topological polar surface area (TPSA) is 69.1 Å². The van der Waals surface area contributed by atoms with Crippen LogP contribution in [0.3, 0.4) is 0 Å². The van der Waals surface area contributed by atoms with Gasteiger partial charge in [0.1, 0.15) is 0 Å². The molecule has 1 aromatic carbocycles. The van der Waals surface area contributed by atoms with E-state index in [0.29, 0.717) is 21.5 Å². The van der Waals surface area contributed by atoms with Gasteiger partial charge >= 0.3 is 0 Å². The van der Waals surface area contributed by atoms with Crippen LogP contribution in [0.4, 0.5) is 5.69 Å². The molecule has 0 radical (unpaired) electrons. The molecule has 0 aliphatic heterocycles. The van der Waals surface area contributed by atoms with Gasteiger partial charge in [-0.3, -0.25) is 4.79 Å². The molecule has 5 heteroatoms. The summed E-state index contributed by atoms with van der Waals surface area (Å²) in [4.78, 5) is 12.0. The first-order valence-electron chi connectivity index (χ1n) is 5.01. The Morgan fingerprint density at radius 1 is 1.56 bits per heavy atom. The largest absolute Gasteiger partial charge is 0.399 e. The van der Waals surface area contributed by atoms with Gasteiger partial charge in [0.2, 0.25) is 5.91 Å². The summed E-state index contributed by atoms with van der Waals surface area (Å²) in [6.07, 6.45) is 0.990. The fourth-order valence-corrected chi connectivity index (χ4v) is 2.59. The molecule has 0 fully saturated rings. The number of rotatable bonds is 4. The Labute approximate surface area is 105 Å². The van der Waals surface area contributed by atoms with Crippen molar-refractivity contribution in [1.29, 1.82) is 0 Å². The van der Waals surface area contributed by atoms with Gasteiger partial charge in [-0.05, 0) is 18.6 Å². The Morgan fingerprint density at radius 2 is 2.19 bits per heavy atom. The number of hydrogen-bond donors (Lipinski definition) is 2. The van der Waals surface area contributed by atoms with Crippen molar-refractivity contribution in [3.8, 4) is 0 Å². The number of anilines is 1. The molecule has 4 N–H and O–H groups in total. The Morgan fingerprint density at radius 3 is 2.69 bits per heavy atom. The van der Waals surface area contributed by atoms with Gasteiger partial charge in [0, 0.05) is 15.8 Å². The molecule has 16 heavy (non-hydrogen) atoms. The summed E-state index contributed by atoms with van der Waals surface area (Å²) >= 11 is 7.62. The van der Waals surface area contributed by atoms with Gasteiger partial charge in [-0.1, -0.05) is 25.4 Å². The fourth-order valence-electron chi connectivity index (χ4n) is 1.20. The van der Waals surface area contributed by atoms with Gasteiger partial charge in [0.05, 0.1) is 10.6 Å². The van der Waals surface area contributed by atoms with E-state index in [1.807, 2.05) is 0 Å². The lowest BCUT2D eigenvalue weighted by atomic mass is 10.2. The third-order valence-corrected chi connectivity index (χ3v) is 4.05. The number of hydrogen-bond acceptors (Lipinski definition) is 3. The van der Waals surface area contributed by atoms with E-state index in [0.717, 1.165) is 11.3 Å². The Kier molecular flexibility index (Phi) is 4.50. The van der Waals surface area contributed by atoms with Crippen LogP contribution in [-0.2, 0) is 0 Å². The van der Waals surface area contributed by atoms with Gasteiger partial charge in [0.15, 0.2) is 0 Å². The summed E-state index contributed by atoms with van der Waals surface area (Å²) < 4.78 is 0. The highest BCUT2D eigenvalue weighted by atomic mass is 35.5. The zero-order chi connectivity index (χ0) is 12.3. The summed E-state index contributed by atoms with van der Waals surface area (Å²) in [5.74, 6) is -0.500. The van der Waals surface area contributed by atoms with Crippen molar-refractivity contribution in [2.45, 2.75) is 30.4 Å². The molecule has 1 amide bonds. The van der Waals surface area contributed by atoms with Crippen LogP contribution < -0.4 is 11.5 Å². The lowest BCUT2D eigenvalue weighted by Gasteiger charge is -2.13. The zero-order valence-electron chi connectivity index (χ0n) is 9.29. The van der Waals surface area contributed by atoms with Gasteiger partial charge in [-0.25, -0.2) is 0 Å². The molecule has 88 valence electrons. The molecular weight excluding hydrogens is 244 g/mol. The van der Waals surface area contributed by atoms with E-state index in [-0.39, 0.29) is 0 Å². The van der Waals surface area contributed by atoms with E-state index in [2.05, 4.69) is 13.8 Å². The van der Waals surface area contributed by atoms with Crippen LogP contribution in [0.5, 0.6) is 0 Å². The Balaban J connectivity index is 3.19. The molecule has 1 aromatic rings. The lowest BCUT2D eigenvalue weighted by molar-refractivity contribution is 0.0997. The van der Waals surface area contributed by atoms with Gasteiger partial charge in [-0.2, -0.15) is 0 Å². The van der Waals surface area contributed by atoms with Crippen molar-refractivity contribution in [2.75, 3.05) is 5.73 Å². The molecule has 0 heterocycles. The van der Waals surface area contributed by atoms with Gasteiger partial charge in [-0.15, -0.1) is 11.8 Å². The van der Waals surface area contributed by atoms with Crippen molar-refractivity contribution in [2.24, 2.45) is 5.73 Å². The number of nitrogen functional groups attached to an aromatic ring is 1. The minimum atomic E-state index is -0.500. The van der Waals surface area contributed by atoms with E-state index in [4.69, 9.17) is 23.1 Å². The summed E-state index contributed by atoms with van der Waals surface area (Å²) in [6.45, 7) is 4.15. The second-order valence-electron chi connectivity index (χ2n) is 3.58. The lowest BCUT2D eigenvalue weighted by Crippen LogP contribution is -2.13. The number of carbonyl (C=O) groups excluding carboxylic acids is 1. The van der Waals surface area contributed by atoms with Crippen LogP contribution in [0, 0.1) is 0 Å². The zero-order valence-corrected chi connectivity index (χ0v) is 10.9. The Bertz CT molecular complexity index is 409. The molecule has 0 bridgehead atoms. The molecule has 1 rings (SSSR count). The quantitative estimate of drug-likeness (QED) is 0.644. The van der Waals surface area contributed by atoms with Crippen LogP contribution in [0.15, 0.2) is 17.0 Å². The first kappa shape index (κ1) is 13.2. The third kappa shape index (κ3) is 3.06. The average Bonchev–Trinajstić information content (AvgIpc) is 2.20. The molecular formula is C11H15ClN2OS. The molecule has 0 spiro atoms.